The Hall–Kier alpha value is -2.90. The van der Waals surface area contributed by atoms with E-state index in [4.69, 9.17) is 16.6 Å². The van der Waals surface area contributed by atoms with Gasteiger partial charge in [0.05, 0.1) is 10.7 Å². The lowest BCUT2D eigenvalue weighted by Crippen LogP contribution is -2.52. The molecule has 1 aliphatic heterocycles. The number of carbonyl (C=O) groups excluding carboxylic acids is 2. The molecule has 6 nitrogen and oxygen atoms in total. The first-order valence-corrected chi connectivity index (χ1v) is 12.5. The van der Waals surface area contributed by atoms with Gasteiger partial charge in [-0.15, -0.1) is 0 Å². The summed E-state index contributed by atoms with van der Waals surface area (Å²) in [6, 6.07) is 17.2. The van der Waals surface area contributed by atoms with E-state index in [1.165, 1.54) is 11.3 Å². The van der Waals surface area contributed by atoms with Crippen LogP contribution in [0, 0.1) is 5.41 Å². The van der Waals surface area contributed by atoms with Crippen LogP contribution in [-0.4, -0.2) is 42.4 Å². The fourth-order valence-corrected chi connectivity index (χ4v) is 5.13. The fourth-order valence-electron chi connectivity index (χ4n) is 3.87. The smallest absolute Gasteiger partial charge is 0.230 e. The van der Waals surface area contributed by atoms with Gasteiger partial charge in [-0.25, -0.2) is 4.98 Å². The largest absolute Gasteiger partial charge is 0.364 e. The number of nitrogens with one attached hydrogen (secondary N) is 1. The predicted molar refractivity (Wildman–Crippen MR) is 141 cm³/mol. The molecule has 4 rings (SSSR count). The van der Waals surface area contributed by atoms with Crippen molar-refractivity contribution < 1.29 is 9.59 Å². The summed E-state index contributed by atoms with van der Waals surface area (Å²) < 4.78 is 0. The van der Waals surface area contributed by atoms with Crippen LogP contribution >= 0.6 is 22.9 Å². The van der Waals surface area contributed by atoms with Crippen LogP contribution < -0.4 is 15.1 Å². The molecule has 1 amide bonds. The lowest BCUT2D eigenvalue weighted by molar-refractivity contribution is -0.123. The molecule has 1 fully saturated rings. The van der Waals surface area contributed by atoms with Gasteiger partial charge >= 0.3 is 0 Å². The van der Waals surface area contributed by atoms with Crippen LogP contribution in [0.1, 0.15) is 42.9 Å². The van der Waals surface area contributed by atoms with Gasteiger partial charge < -0.3 is 15.1 Å². The highest BCUT2D eigenvalue weighted by molar-refractivity contribution is 7.18. The second kappa shape index (κ2) is 9.76. The first-order valence-electron chi connectivity index (χ1n) is 11.3. The molecular weight excluding hydrogens is 468 g/mol. The summed E-state index contributed by atoms with van der Waals surface area (Å²) in [4.78, 5) is 35.7. The Morgan fingerprint density at radius 1 is 1.06 bits per heavy atom. The van der Waals surface area contributed by atoms with Crippen LogP contribution in [0.25, 0.3) is 0 Å². The standard InChI is InChI=1S/C26H29ClN4O2S/c1-17-16-30(14-15-31(17)20-13-9-8-12-19(20)27)25-29-23(28-24(33)26(2,3)4)22(34-25)21(32)18-10-6-5-7-11-18/h5-13,17H,14-16H2,1-4H3,(H,28,33). The van der Waals surface area contributed by atoms with Crippen LogP contribution in [-0.2, 0) is 4.79 Å². The van der Waals surface area contributed by atoms with Crippen LogP contribution in [0.3, 0.4) is 0 Å². The van der Waals surface area contributed by atoms with E-state index in [1.807, 2.05) is 63.2 Å². The molecule has 34 heavy (non-hydrogen) atoms. The molecule has 2 heterocycles. The highest BCUT2D eigenvalue weighted by atomic mass is 35.5. The third kappa shape index (κ3) is 5.10. The Morgan fingerprint density at radius 3 is 2.38 bits per heavy atom. The summed E-state index contributed by atoms with van der Waals surface area (Å²) in [5.74, 6) is 0.00893. The minimum absolute atomic E-state index is 0.142. The van der Waals surface area contributed by atoms with Gasteiger partial charge in [0.15, 0.2) is 10.9 Å². The number of thiazole rings is 1. The lowest BCUT2D eigenvalue weighted by atomic mass is 9.96. The van der Waals surface area contributed by atoms with Crippen molar-refractivity contribution in [3.05, 3.63) is 70.1 Å². The van der Waals surface area contributed by atoms with E-state index in [2.05, 4.69) is 22.0 Å². The minimum Gasteiger partial charge on any atom is -0.364 e. The number of piperazine rings is 1. The van der Waals surface area contributed by atoms with Crippen LogP contribution in [0.5, 0.6) is 0 Å². The van der Waals surface area contributed by atoms with Crippen molar-refractivity contribution in [2.45, 2.75) is 33.7 Å². The molecule has 1 unspecified atom stereocenters. The van der Waals surface area contributed by atoms with E-state index >= 15 is 0 Å². The maximum atomic E-state index is 13.3. The minimum atomic E-state index is -0.605. The first kappa shape index (κ1) is 24.2. The van der Waals surface area contributed by atoms with Gasteiger partial charge in [0.25, 0.3) is 0 Å². The maximum absolute atomic E-state index is 13.3. The molecule has 1 atom stereocenters. The quantitative estimate of drug-likeness (QED) is 0.457. The zero-order valence-electron chi connectivity index (χ0n) is 19.8. The third-order valence-electron chi connectivity index (χ3n) is 5.83. The second-order valence-electron chi connectivity index (χ2n) is 9.51. The van der Waals surface area contributed by atoms with E-state index in [0.717, 1.165) is 35.5 Å². The second-order valence-corrected chi connectivity index (χ2v) is 10.9. The number of carbonyl (C=O) groups is 2. The first-order chi connectivity index (χ1) is 16.1. The van der Waals surface area contributed by atoms with Gasteiger partial charge in [-0.2, -0.15) is 0 Å². The molecule has 3 aromatic rings. The number of ketones is 1. The molecule has 1 N–H and O–H groups in total. The molecule has 0 bridgehead atoms. The van der Waals surface area contributed by atoms with Crippen LogP contribution in [0.4, 0.5) is 16.6 Å². The number of aromatic nitrogens is 1. The number of benzene rings is 2. The Kier molecular flexibility index (Phi) is 6.96. The van der Waals surface area contributed by atoms with Gasteiger partial charge in [-0.1, -0.05) is 86.2 Å². The predicted octanol–water partition coefficient (Wildman–Crippen LogP) is 5.73. The molecule has 0 saturated carbocycles. The number of amides is 1. The van der Waals surface area contributed by atoms with Gasteiger partial charge in [0.2, 0.25) is 11.7 Å². The molecule has 0 radical (unpaired) electrons. The Bertz CT molecular complexity index is 1190. The number of rotatable bonds is 5. The number of anilines is 3. The topological polar surface area (TPSA) is 65.5 Å². The molecule has 1 aliphatic rings. The average Bonchev–Trinajstić information content (AvgIpc) is 3.23. The van der Waals surface area contributed by atoms with Crippen molar-refractivity contribution in [2.75, 3.05) is 34.8 Å². The molecule has 0 aliphatic carbocycles. The molecule has 1 aromatic heterocycles. The highest BCUT2D eigenvalue weighted by Gasteiger charge is 2.31. The summed E-state index contributed by atoms with van der Waals surface area (Å²) in [7, 11) is 0. The number of hydrogen-bond acceptors (Lipinski definition) is 6. The molecule has 0 spiro atoms. The van der Waals surface area contributed by atoms with Gasteiger partial charge in [-0.3, -0.25) is 9.59 Å². The van der Waals surface area contributed by atoms with Crippen LogP contribution in [0.15, 0.2) is 54.6 Å². The number of para-hydroxylation sites is 1. The maximum Gasteiger partial charge on any atom is 0.230 e. The van der Waals surface area contributed by atoms with E-state index in [1.54, 1.807) is 12.1 Å². The molecule has 2 aromatic carbocycles. The van der Waals surface area contributed by atoms with Crippen molar-refractivity contribution in [3.8, 4) is 0 Å². The van der Waals surface area contributed by atoms with Crippen molar-refractivity contribution in [1.29, 1.82) is 0 Å². The highest BCUT2D eigenvalue weighted by Crippen LogP contribution is 2.35. The lowest BCUT2D eigenvalue weighted by Gasteiger charge is -2.41. The summed E-state index contributed by atoms with van der Waals surface area (Å²) in [5, 5.41) is 4.37. The zero-order chi connectivity index (χ0) is 24.5. The molecule has 1 saturated heterocycles. The van der Waals surface area contributed by atoms with Gasteiger partial charge in [-0.05, 0) is 19.1 Å². The SMILES string of the molecule is CC1CN(c2nc(NC(=O)C(C)(C)C)c(C(=O)c3ccccc3)s2)CCN1c1ccccc1Cl. The monoisotopic (exact) mass is 496 g/mol. The van der Waals surface area contributed by atoms with E-state index in [0.29, 0.717) is 16.3 Å². The fraction of sp³-hybridized carbons (Fsp3) is 0.346. The summed E-state index contributed by atoms with van der Waals surface area (Å²) in [5.41, 5.74) is 0.987. The number of nitrogens with zero attached hydrogens (tertiary/aromatic N) is 3. The Balaban J connectivity index is 1.62. The van der Waals surface area contributed by atoms with Crippen molar-refractivity contribution >= 4 is 51.3 Å². The van der Waals surface area contributed by atoms with E-state index in [9.17, 15) is 9.59 Å². The normalized spacial score (nSPS) is 16.4. The Morgan fingerprint density at radius 2 is 1.74 bits per heavy atom. The molecular formula is C26H29ClN4O2S. The molecule has 178 valence electrons. The third-order valence-corrected chi connectivity index (χ3v) is 7.27. The average molecular weight is 497 g/mol. The van der Waals surface area contributed by atoms with Crippen molar-refractivity contribution in [1.82, 2.24) is 4.98 Å². The summed E-state index contributed by atoms with van der Waals surface area (Å²) in [6.45, 7) is 9.90. The Labute approximate surface area is 209 Å². The number of hydrogen-bond donors (Lipinski definition) is 1. The zero-order valence-corrected chi connectivity index (χ0v) is 21.4. The molecule has 8 heteroatoms. The van der Waals surface area contributed by atoms with Crippen LogP contribution in [0.2, 0.25) is 5.02 Å². The summed E-state index contributed by atoms with van der Waals surface area (Å²) >= 11 is 7.77. The van der Waals surface area contributed by atoms with E-state index < -0.39 is 5.41 Å². The number of halogens is 1. The van der Waals surface area contributed by atoms with Gasteiger partial charge in [0, 0.05) is 36.7 Å². The van der Waals surface area contributed by atoms with Crippen molar-refractivity contribution in [2.24, 2.45) is 5.41 Å². The van der Waals surface area contributed by atoms with E-state index in [-0.39, 0.29) is 17.7 Å². The summed E-state index contributed by atoms with van der Waals surface area (Å²) in [6.07, 6.45) is 0. The van der Waals surface area contributed by atoms with Gasteiger partial charge in [0.1, 0.15) is 4.88 Å². The van der Waals surface area contributed by atoms with Crippen molar-refractivity contribution in [3.63, 3.8) is 0 Å².